The van der Waals surface area contributed by atoms with Crippen LogP contribution in [-0.4, -0.2) is 16.6 Å². The van der Waals surface area contributed by atoms with Crippen molar-refractivity contribution < 1.29 is 0 Å². The van der Waals surface area contributed by atoms with E-state index in [2.05, 4.69) is 286 Å². The number of rotatable bonds is 7. The van der Waals surface area contributed by atoms with E-state index in [9.17, 15) is 0 Å². The SMILES string of the molecule is Cc1cc(-c2cc(-c3cc(C)c4c(c3C)C3(C)CCCCC3(C)N4c3ccccc3)c3ccc4c(-c5cccc6ccccc56)cc(-c5cc(C)c6c(c5C)C5(C)CCCCC5(C)N6c5ccccc5)c5ccc2c3c54)c(C)c2c1N(c1ccccc1)C1(C)CCCCC21C. The Morgan fingerprint density at radius 3 is 0.905 bits per heavy atom. The largest absolute Gasteiger partial charge is 0.334 e. The number of para-hydroxylation sites is 3. The number of aryl methyl sites for hydroxylation is 3. The summed E-state index contributed by atoms with van der Waals surface area (Å²) in [6.45, 7) is 30.5. The summed E-state index contributed by atoms with van der Waals surface area (Å²) >= 11 is 0. The highest BCUT2D eigenvalue weighted by molar-refractivity contribution is 6.33. The van der Waals surface area contributed by atoms with Crippen molar-refractivity contribution in [2.24, 2.45) is 0 Å². The van der Waals surface area contributed by atoms with Gasteiger partial charge in [-0.3, -0.25) is 0 Å². The molecule has 3 aliphatic heterocycles. The zero-order valence-electron chi connectivity index (χ0n) is 58.2. The fourth-order valence-corrected chi connectivity index (χ4v) is 22.2. The van der Waals surface area contributed by atoms with Gasteiger partial charge in [0, 0.05) is 50.4 Å². The lowest BCUT2D eigenvalue weighted by Gasteiger charge is -2.50. The smallest absolute Gasteiger partial charge is 0.0518 e. The molecule has 0 amide bonds. The highest BCUT2D eigenvalue weighted by Gasteiger charge is 2.62. The zero-order valence-corrected chi connectivity index (χ0v) is 58.2. The topological polar surface area (TPSA) is 9.72 Å². The molecule has 3 saturated carbocycles. The van der Waals surface area contributed by atoms with E-state index in [0.29, 0.717) is 0 Å². The van der Waals surface area contributed by atoms with Gasteiger partial charge in [0.1, 0.15) is 0 Å². The first-order valence-corrected chi connectivity index (χ1v) is 36.1. The van der Waals surface area contributed by atoms with Gasteiger partial charge in [0.25, 0.3) is 0 Å². The molecule has 6 unspecified atom stereocenters. The van der Waals surface area contributed by atoms with Gasteiger partial charge in [-0.2, -0.15) is 0 Å². The van der Waals surface area contributed by atoms with Crippen LogP contribution in [-0.2, 0) is 16.2 Å². The summed E-state index contributed by atoms with van der Waals surface area (Å²) in [5.74, 6) is 0. The van der Waals surface area contributed by atoms with E-state index in [1.54, 1.807) is 16.7 Å². The van der Waals surface area contributed by atoms with Crippen LogP contribution >= 0.6 is 0 Å². The van der Waals surface area contributed by atoms with E-state index in [0.717, 1.165) is 19.3 Å². The van der Waals surface area contributed by atoms with Gasteiger partial charge in [-0.25, -0.2) is 0 Å². The molecule has 18 rings (SSSR count). The molecule has 3 aliphatic carbocycles. The van der Waals surface area contributed by atoms with Gasteiger partial charge in [0.15, 0.2) is 0 Å². The molecule has 0 N–H and O–H groups in total. The predicted molar refractivity (Wildman–Crippen MR) is 406 cm³/mol. The lowest BCUT2D eigenvalue weighted by atomic mass is 9.60. The van der Waals surface area contributed by atoms with Crippen LogP contribution in [0.4, 0.5) is 34.1 Å². The van der Waals surface area contributed by atoms with E-state index in [1.165, 1.54) is 213 Å². The van der Waals surface area contributed by atoms with E-state index in [-0.39, 0.29) is 32.9 Å². The number of fused-ring (bicyclic) bond motifs is 10. The Morgan fingerprint density at radius 1 is 0.263 bits per heavy atom. The number of benzene rings is 12. The second kappa shape index (κ2) is 20.4. The fraction of sp³-hybridized carbons (Fsp3) is 0.326. The minimum atomic E-state index is -0.0807. The Balaban J connectivity index is 0.978. The first-order chi connectivity index (χ1) is 45.9. The second-order valence-electron chi connectivity index (χ2n) is 31.8. The van der Waals surface area contributed by atoms with Crippen LogP contribution in [0.5, 0.6) is 0 Å². The Kier molecular flexibility index (Phi) is 12.7. The Bertz CT molecular complexity index is 5050. The number of hydrogen-bond donors (Lipinski definition) is 0. The van der Waals surface area contributed by atoms with Crippen molar-refractivity contribution >= 4 is 77.2 Å². The Hall–Kier alpha value is -8.66. The van der Waals surface area contributed by atoms with Gasteiger partial charge >= 0.3 is 0 Å². The summed E-state index contributed by atoms with van der Waals surface area (Å²) < 4.78 is 0. The summed E-state index contributed by atoms with van der Waals surface area (Å²) in [7, 11) is 0. The maximum Gasteiger partial charge on any atom is 0.0518 e. The van der Waals surface area contributed by atoms with Crippen molar-refractivity contribution in [2.75, 3.05) is 14.7 Å². The summed E-state index contributed by atoms with van der Waals surface area (Å²) in [4.78, 5) is 8.38. The summed E-state index contributed by atoms with van der Waals surface area (Å²) in [6, 6.07) is 73.7. The third-order valence-corrected chi connectivity index (χ3v) is 27.3. The average molecular weight is 1240 g/mol. The molecule has 3 nitrogen and oxygen atoms in total. The highest BCUT2D eigenvalue weighted by atomic mass is 15.3. The average Bonchev–Trinajstić information content (AvgIpc) is 1.56. The van der Waals surface area contributed by atoms with Crippen molar-refractivity contribution in [3.8, 4) is 44.5 Å². The van der Waals surface area contributed by atoms with E-state index >= 15 is 0 Å². The Labute approximate surface area is 564 Å². The van der Waals surface area contributed by atoms with E-state index in [1.807, 2.05) is 0 Å². The maximum atomic E-state index is 2.80. The van der Waals surface area contributed by atoms with Crippen LogP contribution in [0, 0.1) is 41.5 Å². The summed E-state index contributed by atoms with van der Waals surface area (Å²) in [6.07, 6.45) is 14.4. The molecule has 3 fully saturated rings. The molecule has 0 radical (unpaired) electrons. The standard InChI is InChI=1S/C92H91N3/c1-56-51-72(59(4)81-84(56)93(63-33-16-13-17-34-63)90(10)48-27-24-45-87(81,90)7)76-54-75(67-40-30-32-62-31-22-23-39-66(62)67)68-41-42-70-77(73-52-57(2)85-82(60(73)5)88(8)46-25-28-49-91(88,11)94(85)64-35-18-14-19-36-64)55-78(71-44-43-69(76)79(68)80(70)71)74-53-58(3)86-83(61(74)6)89(9)47-26-29-50-92(89,12)95(86)65-37-20-15-21-38-65/h13-23,30-44,51-55H,24-29,45-50H2,1-12H3. The quantitative estimate of drug-likeness (QED) is 0.147. The molecule has 95 heavy (non-hydrogen) atoms. The fourth-order valence-electron chi connectivity index (χ4n) is 22.2. The molecule has 6 atom stereocenters. The van der Waals surface area contributed by atoms with Gasteiger partial charge in [0.2, 0.25) is 0 Å². The molecule has 3 heteroatoms. The van der Waals surface area contributed by atoms with Crippen molar-refractivity contribution in [3.63, 3.8) is 0 Å². The monoisotopic (exact) mass is 1240 g/mol. The van der Waals surface area contributed by atoms with Gasteiger partial charge in [0.05, 0.1) is 16.6 Å². The van der Waals surface area contributed by atoms with Crippen LogP contribution < -0.4 is 14.7 Å². The van der Waals surface area contributed by atoms with Gasteiger partial charge < -0.3 is 14.7 Å². The third-order valence-electron chi connectivity index (χ3n) is 27.3. The Morgan fingerprint density at radius 2 is 0.558 bits per heavy atom. The van der Waals surface area contributed by atoms with Crippen LogP contribution in [0.2, 0.25) is 0 Å². The molecule has 474 valence electrons. The molecule has 0 bridgehead atoms. The van der Waals surface area contributed by atoms with E-state index in [4.69, 9.17) is 0 Å². The lowest BCUT2D eigenvalue weighted by molar-refractivity contribution is 0.194. The number of hydrogen-bond acceptors (Lipinski definition) is 3. The lowest BCUT2D eigenvalue weighted by Crippen LogP contribution is -2.54. The first-order valence-electron chi connectivity index (χ1n) is 36.1. The second-order valence-corrected chi connectivity index (χ2v) is 31.8. The van der Waals surface area contributed by atoms with Gasteiger partial charge in [-0.05, 0) is 305 Å². The number of nitrogens with zero attached hydrogens (tertiary/aromatic N) is 3. The van der Waals surface area contributed by atoms with Gasteiger partial charge in [-0.15, -0.1) is 0 Å². The predicted octanol–water partition coefficient (Wildman–Crippen LogP) is 25.5. The van der Waals surface area contributed by atoms with Crippen molar-refractivity contribution in [3.05, 3.63) is 238 Å². The van der Waals surface area contributed by atoms with Crippen molar-refractivity contribution in [1.29, 1.82) is 0 Å². The first kappa shape index (κ1) is 58.9. The van der Waals surface area contributed by atoms with Crippen molar-refractivity contribution in [2.45, 2.75) is 193 Å². The third kappa shape index (κ3) is 7.54. The van der Waals surface area contributed by atoms with Crippen LogP contribution in [0.3, 0.4) is 0 Å². The van der Waals surface area contributed by atoms with Crippen molar-refractivity contribution in [1.82, 2.24) is 0 Å². The molecular formula is C92H91N3. The van der Waals surface area contributed by atoms with Gasteiger partial charge in [-0.1, -0.05) is 181 Å². The molecule has 0 saturated heterocycles. The normalized spacial score (nSPS) is 25.2. The molecular weight excluding hydrogens is 1150 g/mol. The maximum absolute atomic E-state index is 2.80. The van der Waals surface area contributed by atoms with E-state index < -0.39 is 0 Å². The molecule has 12 aromatic carbocycles. The number of anilines is 6. The van der Waals surface area contributed by atoms with Crippen LogP contribution in [0.15, 0.2) is 188 Å². The van der Waals surface area contributed by atoms with Crippen LogP contribution in [0.25, 0.3) is 87.6 Å². The molecule has 0 spiro atoms. The summed E-state index contributed by atoms with van der Waals surface area (Å²) in [5, 5.41) is 10.6. The molecule has 12 aromatic rings. The minimum Gasteiger partial charge on any atom is -0.334 e. The summed E-state index contributed by atoms with van der Waals surface area (Å²) in [5.41, 5.74) is 31.5. The highest BCUT2D eigenvalue weighted by Crippen LogP contribution is 2.68. The minimum absolute atomic E-state index is 0.0560. The molecule has 0 aromatic heterocycles. The van der Waals surface area contributed by atoms with Crippen LogP contribution in [0.1, 0.15) is 169 Å². The zero-order chi connectivity index (χ0) is 65.0. The molecule has 6 aliphatic rings. The molecule has 3 heterocycles.